The smallest absolute Gasteiger partial charge is 0.338 e. The molecule has 1 aliphatic rings. The van der Waals surface area contributed by atoms with Gasteiger partial charge in [0.1, 0.15) is 6.29 Å². The van der Waals surface area contributed by atoms with Gasteiger partial charge >= 0.3 is 5.97 Å². The Balaban J connectivity index is 1.84. The molecule has 0 unspecified atom stereocenters. The summed E-state index contributed by atoms with van der Waals surface area (Å²) in [6.07, 6.45) is 6.88. The third-order valence-corrected chi connectivity index (χ3v) is 3.46. The number of hydrogen-bond donors (Lipinski definition) is 0. The molecule has 1 aromatic rings. The lowest BCUT2D eigenvalue weighted by Crippen LogP contribution is -2.16. The van der Waals surface area contributed by atoms with Crippen LogP contribution in [0.25, 0.3) is 0 Å². The zero-order valence-electron chi connectivity index (χ0n) is 10.4. The minimum Gasteiger partial charge on any atom is -0.462 e. The number of aldehydes is 1. The second-order valence-corrected chi connectivity index (χ2v) is 4.84. The summed E-state index contributed by atoms with van der Waals surface area (Å²) in [5.74, 6) is 0.231. The molecule has 0 bridgehead atoms. The Morgan fingerprint density at radius 2 is 1.83 bits per heavy atom. The molecule has 3 nitrogen and oxygen atoms in total. The Hall–Kier alpha value is -1.64. The number of hydrogen-bond acceptors (Lipinski definition) is 3. The Kier molecular flexibility index (Phi) is 4.51. The summed E-state index contributed by atoms with van der Waals surface area (Å²) < 4.78 is 5.31. The van der Waals surface area contributed by atoms with E-state index in [0.717, 1.165) is 19.1 Å². The predicted octanol–water partition coefficient (Wildman–Crippen LogP) is 3.24. The third-order valence-electron chi connectivity index (χ3n) is 3.46. The van der Waals surface area contributed by atoms with Gasteiger partial charge in [-0.15, -0.1) is 0 Å². The lowest BCUT2D eigenvalue weighted by Gasteiger charge is -2.20. The van der Waals surface area contributed by atoms with E-state index in [4.69, 9.17) is 4.74 Å². The van der Waals surface area contributed by atoms with Gasteiger partial charge in [-0.1, -0.05) is 31.4 Å². The van der Waals surface area contributed by atoms with Crippen LogP contribution in [0.5, 0.6) is 0 Å². The molecular weight excluding hydrogens is 228 g/mol. The molecule has 3 heteroatoms. The molecule has 0 spiro atoms. The van der Waals surface area contributed by atoms with E-state index in [1.54, 1.807) is 24.3 Å². The number of rotatable bonds is 4. The molecule has 1 aliphatic carbocycles. The predicted molar refractivity (Wildman–Crippen MR) is 68.7 cm³/mol. The van der Waals surface area contributed by atoms with Crippen molar-refractivity contribution in [3.05, 3.63) is 35.4 Å². The maximum atomic E-state index is 11.8. The van der Waals surface area contributed by atoms with E-state index >= 15 is 0 Å². The fraction of sp³-hybridized carbons (Fsp3) is 0.467. The van der Waals surface area contributed by atoms with Crippen LogP contribution in [0.3, 0.4) is 0 Å². The fourth-order valence-corrected chi connectivity index (χ4v) is 2.33. The molecule has 0 aromatic heterocycles. The second kappa shape index (κ2) is 6.34. The van der Waals surface area contributed by atoms with Crippen LogP contribution >= 0.6 is 0 Å². The maximum Gasteiger partial charge on any atom is 0.338 e. The van der Waals surface area contributed by atoms with E-state index in [-0.39, 0.29) is 5.97 Å². The second-order valence-electron chi connectivity index (χ2n) is 4.84. The fourth-order valence-electron chi connectivity index (χ4n) is 2.33. The summed E-state index contributed by atoms with van der Waals surface area (Å²) in [6, 6.07) is 6.52. The highest BCUT2D eigenvalue weighted by Gasteiger charge is 2.16. The molecule has 0 saturated heterocycles. The van der Waals surface area contributed by atoms with E-state index in [9.17, 15) is 9.59 Å². The van der Waals surface area contributed by atoms with Crippen molar-refractivity contribution in [1.29, 1.82) is 0 Å². The quantitative estimate of drug-likeness (QED) is 0.605. The highest BCUT2D eigenvalue weighted by Crippen LogP contribution is 2.23. The van der Waals surface area contributed by atoms with Gasteiger partial charge in [0.05, 0.1) is 12.2 Å². The van der Waals surface area contributed by atoms with Crippen LogP contribution in [-0.2, 0) is 4.74 Å². The summed E-state index contributed by atoms with van der Waals surface area (Å²) >= 11 is 0. The molecule has 2 rings (SSSR count). The van der Waals surface area contributed by atoms with Crippen molar-refractivity contribution in [2.75, 3.05) is 6.61 Å². The standard InChI is InChI=1S/C15H18O3/c16-10-12-6-8-14(9-7-12)15(17)18-11-13-4-2-1-3-5-13/h6-10,13H,1-5,11H2. The van der Waals surface area contributed by atoms with E-state index in [1.807, 2.05) is 0 Å². The van der Waals surface area contributed by atoms with Crippen molar-refractivity contribution in [1.82, 2.24) is 0 Å². The normalized spacial score (nSPS) is 16.2. The summed E-state index contributed by atoms with van der Waals surface area (Å²) in [7, 11) is 0. The van der Waals surface area contributed by atoms with E-state index < -0.39 is 0 Å². The Labute approximate surface area is 107 Å². The molecule has 1 fully saturated rings. The van der Waals surface area contributed by atoms with Gasteiger partial charge in [-0.3, -0.25) is 4.79 Å². The van der Waals surface area contributed by atoms with Crippen LogP contribution in [0.4, 0.5) is 0 Å². The molecule has 96 valence electrons. The lowest BCUT2D eigenvalue weighted by molar-refractivity contribution is 0.0410. The summed E-state index contributed by atoms with van der Waals surface area (Å²) in [5, 5.41) is 0. The Morgan fingerprint density at radius 3 is 2.44 bits per heavy atom. The minimum absolute atomic E-state index is 0.293. The SMILES string of the molecule is O=Cc1ccc(C(=O)OCC2CCCCC2)cc1. The first-order valence-corrected chi connectivity index (χ1v) is 6.52. The first-order valence-electron chi connectivity index (χ1n) is 6.52. The van der Waals surface area contributed by atoms with Crippen molar-refractivity contribution >= 4 is 12.3 Å². The summed E-state index contributed by atoms with van der Waals surface area (Å²) in [6.45, 7) is 0.522. The van der Waals surface area contributed by atoms with Crippen LogP contribution in [-0.4, -0.2) is 18.9 Å². The van der Waals surface area contributed by atoms with Gasteiger partial charge in [0.15, 0.2) is 0 Å². The summed E-state index contributed by atoms with van der Waals surface area (Å²) in [4.78, 5) is 22.3. The molecule has 1 aromatic carbocycles. The zero-order chi connectivity index (χ0) is 12.8. The zero-order valence-corrected chi connectivity index (χ0v) is 10.4. The Morgan fingerprint density at radius 1 is 1.17 bits per heavy atom. The molecule has 0 amide bonds. The van der Waals surface area contributed by atoms with Crippen LogP contribution in [0, 0.1) is 5.92 Å². The van der Waals surface area contributed by atoms with Gasteiger partial charge in [0.2, 0.25) is 0 Å². The Bertz CT molecular complexity index is 402. The molecule has 18 heavy (non-hydrogen) atoms. The molecule has 0 aliphatic heterocycles. The van der Waals surface area contributed by atoms with Crippen LogP contribution in [0.2, 0.25) is 0 Å². The lowest BCUT2D eigenvalue weighted by atomic mass is 9.90. The van der Waals surface area contributed by atoms with Crippen molar-refractivity contribution in [3.8, 4) is 0 Å². The minimum atomic E-state index is -0.293. The molecule has 0 N–H and O–H groups in total. The van der Waals surface area contributed by atoms with Gasteiger partial charge in [-0.05, 0) is 30.9 Å². The number of benzene rings is 1. The van der Waals surface area contributed by atoms with Crippen molar-refractivity contribution < 1.29 is 14.3 Å². The van der Waals surface area contributed by atoms with E-state index in [1.165, 1.54) is 19.3 Å². The third kappa shape index (κ3) is 3.42. The van der Waals surface area contributed by atoms with Gasteiger partial charge in [-0.25, -0.2) is 4.79 Å². The average Bonchev–Trinajstić information content (AvgIpc) is 2.46. The molecular formula is C15H18O3. The molecule has 0 heterocycles. The van der Waals surface area contributed by atoms with Crippen molar-refractivity contribution in [2.45, 2.75) is 32.1 Å². The number of esters is 1. The molecule has 1 saturated carbocycles. The number of carbonyl (C=O) groups excluding carboxylic acids is 2. The summed E-state index contributed by atoms with van der Waals surface area (Å²) in [5.41, 5.74) is 1.08. The van der Waals surface area contributed by atoms with Crippen LogP contribution in [0.1, 0.15) is 52.8 Å². The van der Waals surface area contributed by atoms with Crippen LogP contribution < -0.4 is 0 Å². The van der Waals surface area contributed by atoms with Crippen LogP contribution in [0.15, 0.2) is 24.3 Å². The number of ether oxygens (including phenoxy) is 1. The molecule has 0 atom stereocenters. The average molecular weight is 246 g/mol. The highest BCUT2D eigenvalue weighted by molar-refractivity contribution is 5.90. The van der Waals surface area contributed by atoms with Crippen molar-refractivity contribution in [2.24, 2.45) is 5.92 Å². The van der Waals surface area contributed by atoms with Crippen molar-refractivity contribution in [3.63, 3.8) is 0 Å². The first kappa shape index (κ1) is 12.8. The van der Waals surface area contributed by atoms with E-state index in [0.29, 0.717) is 23.7 Å². The highest BCUT2D eigenvalue weighted by atomic mass is 16.5. The maximum absolute atomic E-state index is 11.8. The first-order chi connectivity index (χ1) is 8.79. The number of carbonyl (C=O) groups is 2. The van der Waals surface area contributed by atoms with Gasteiger partial charge in [-0.2, -0.15) is 0 Å². The van der Waals surface area contributed by atoms with Gasteiger partial charge < -0.3 is 4.74 Å². The van der Waals surface area contributed by atoms with Gasteiger partial charge in [0.25, 0.3) is 0 Å². The topological polar surface area (TPSA) is 43.4 Å². The van der Waals surface area contributed by atoms with Gasteiger partial charge in [0, 0.05) is 5.56 Å². The van der Waals surface area contributed by atoms with E-state index in [2.05, 4.69) is 0 Å². The monoisotopic (exact) mass is 246 g/mol. The molecule has 0 radical (unpaired) electrons. The largest absolute Gasteiger partial charge is 0.462 e.